The Kier molecular flexibility index (Phi) is 6.13. The molecular weight excluding hydrogens is 345 g/mol. The molecule has 2 aromatic carbocycles. The summed E-state index contributed by atoms with van der Waals surface area (Å²) in [5.74, 6) is 0.376. The summed E-state index contributed by atoms with van der Waals surface area (Å²) in [5.41, 5.74) is 0.798. The Hall–Kier alpha value is -2.70. The smallest absolute Gasteiger partial charge is 0.416 e. The second-order valence-electron chi connectivity index (χ2n) is 6.02. The van der Waals surface area contributed by atoms with Crippen LogP contribution >= 0.6 is 0 Å². The van der Waals surface area contributed by atoms with Gasteiger partial charge in [0.25, 0.3) is 0 Å². The van der Waals surface area contributed by atoms with Crippen LogP contribution in [0.2, 0.25) is 0 Å². The predicted octanol–water partition coefficient (Wildman–Crippen LogP) is 4.35. The molecule has 1 N–H and O–H groups in total. The van der Waals surface area contributed by atoms with Gasteiger partial charge < -0.3 is 15.0 Å². The second-order valence-corrected chi connectivity index (χ2v) is 6.02. The fourth-order valence-corrected chi connectivity index (χ4v) is 2.47. The lowest BCUT2D eigenvalue weighted by Crippen LogP contribution is -2.18. The number of halogens is 3. The van der Waals surface area contributed by atoms with E-state index in [1.165, 1.54) is 6.07 Å². The lowest BCUT2D eigenvalue weighted by molar-refractivity contribution is -0.137. The molecule has 0 radical (unpaired) electrons. The minimum absolute atomic E-state index is 0.143. The quantitative estimate of drug-likeness (QED) is 0.826. The lowest BCUT2D eigenvalue weighted by atomic mass is 10.1. The maximum atomic E-state index is 12.9. The number of nitrogens with one attached hydrogen (secondary N) is 1. The van der Waals surface area contributed by atoms with Crippen LogP contribution in [0.4, 0.5) is 24.5 Å². The van der Waals surface area contributed by atoms with E-state index in [-0.39, 0.29) is 18.0 Å². The average molecular weight is 366 g/mol. The van der Waals surface area contributed by atoms with Crippen LogP contribution in [0.5, 0.6) is 5.75 Å². The van der Waals surface area contributed by atoms with E-state index < -0.39 is 11.7 Å². The van der Waals surface area contributed by atoms with Crippen LogP contribution in [0.15, 0.2) is 42.5 Å². The monoisotopic (exact) mass is 366 g/mol. The number of amides is 1. The maximum Gasteiger partial charge on any atom is 0.416 e. The van der Waals surface area contributed by atoms with E-state index in [9.17, 15) is 18.0 Å². The Morgan fingerprint density at radius 2 is 1.77 bits per heavy atom. The SMILES string of the molecule is COc1ccc(CCC(=O)Nc2cc(C(F)(F)F)ccc2N(C)C)cc1. The van der Waals surface area contributed by atoms with E-state index in [1.54, 1.807) is 38.2 Å². The molecule has 0 aliphatic rings. The number of rotatable bonds is 6. The van der Waals surface area contributed by atoms with Crippen molar-refractivity contribution < 1.29 is 22.7 Å². The van der Waals surface area contributed by atoms with Gasteiger partial charge in [-0.1, -0.05) is 12.1 Å². The molecule has 0 aliphatic heterocycles. The molecular formula is C19H21F3N2O2. The molecule has 2 rings (SSSR count). The van der Waals surface area contributed by atoms with Crippen LogP contribution in [0, 0.1) is 0 Å². The molecule has 0 aromatic heterocycles. The van der Waals surface area contributed by atoms with Crippen LogP contribution in [-0.2, 0) is 17.4 Å². The number of carbonyl (C=O) groups is 1. The molecule has 1 amide bonds. The third-order valence-corrected chi connectivity index (χ3v) is 3.88. The number of ether oxygens (including phenoxy) is 1. The zero-order valence-electron chi connectivity index (χ0n) is 14.9. The Balaban J connectivity index is 2.08. The molecule has 0 saturated heterocycles. The highest BCUT2D eigenvalue weighted by molar-refractivity contribution is 5.94. The van der Waals surface area contributed by atoms with Gasteiger partial charge in [-0.3, -0.25) is 4.79 Å². The summed E-state index contributed by atoms with van der Waals surface area (Å²) in [6, 6.07) is 10.6. The first-order chi connectivity index (χ1) is 12.2. The van der Waals surface area contributed by atoms with Gasteiger partial charge in [0.15, 0.2) is 0 Å². The van der Waals surface area contributed by atoms with Crippen LogP contribution in [-0.4, -0.2) is 27.1 Å². The van der Waals surface area contributed by atoms with Crippen molar-refractivity contribution in [2.24, 2.45) is 0 Å². The van der Waals surface area contributed by atoms with E-state index in [4.69, 9.17) is 4.74 Å². The molecule has 4 nitrogen and oxygen atoms in total. The van der Waals surface area contributed by atoms with Crippen LogP contribution in [0.3, 0.4) is 0 Å². The number of alkyl halides is 3. The van der Waals surface area contributed by atoms with Crippen molar-refractivity contribution in [2.75, 3.05) is 31.4 Å². The number of nitrogens with zero attached hydrogens (tertiary/aromatic N) is 1. The van der Waals surface area contributed by atoms with Gasteiger partial charge in [0.05, 0.1) is 24.0 Å². The number of methoxy groups -OCH3 is 1. The molecule has 0 aliphatic carbocycles. The predicted molar refractivity (Wildman–Crippen MR) is 95.7 cm³/mol. The van der Waals surface area contributed by atoms with Crippen LogP contribution < -0.4 is 15.0 Å². The standard InChI is InChI=1S/C19H21F3N2O2/c1-24(2)17-10-7-14(19(20,21)22)12-16(17)23-18(25)11-6-13-4-8-15(26-3)9-5-13/h4-5,7-10,12H,6,11H2,1-3H3,(H,23,25). The summed E-state index contributed by atoms with van der Waals surface area (Å²) >= 11 is 0. The van der Waals surface area contributed by atoms with E-state index in [2.05, 4.69) is 5.32 Å². The lowest BCUT2D eigenvalue weighted by Gasteiger charge is -2.20. The third-order valence-electron chi connectivity index (χ3n) is 3.88. The van der Waals surface area contributed by atoms with Gasteiger partial charge in [0, 0.05) is 20.5 Å². The highest BCUT2D eigenvalue weighted by atomic mass is 19.4. The fraction of sp³-hybridized carbons (Fsp3) is 0.316. The van der Waals surface area contributed by atoms with E-state index in [1.807, 2.05) is 12.1 Å². The number of benzene rings is 2. The first-order valence-corrected chi connectivity index (χ1v) is 8.02. The first-order valence-electron chi connectivity index (χ1n) is 8.02. The Morgan fingerprint density at radius 1 is 1.12 bits per heavy atom. The molecule has 0 unspecified atom stereocenters. The summed E-state index contributed by atoms with van der Waals surface area (Å²) in [4.78, 5) is 13.9. The van der Waals surface area contributed by atoms with Gasteiger partial charge in [-0.05, 0) is 42.3 Å². The first kappa shape index (κ1) is 19.6. The minimum Gasteiger partial charge on any atom is -0.497 e. The number of hydrogen-bond acceptors (Lipinski definition) is 3. The molecule has 0 bridgehead atoms. The molecule has 2 aromatic rings. The number of hydrogen-bond donors (Lipinski definition) is 1. The molecule has 0 saturated carbocycles. The van der Waals surface area contributed by atoms with Crippen LogP contribution in [0.1, 0.15) is 17.5 Å². The highest BCUT2D eigenvalue weighted by Gasteiger charge is 2.31. The van der Waals surface area contributed by atoms with E-state index in [0.717, 1.165) is 23.4 Å². The van der Waals surface area contributed by atoms with Crippen molar-refractivity contribution in [3.63, 3.8) is 0 Å². The second kappa shape index (κ2) is 8.12. The van der Waals surface area contributed by atoms with Gasteiger partial charge in [-0.15, -0.1) is 0 Å². The molecule has 0 heterocycles. The Bertz CT molecular complexity index is 756. The molecule has 26 heavy (non-hydrogen) atoms. The Labute approximate surface area is 150 Å². The van der Waals surface area contributed by atoms with Gasteiger partial charge in [0.1, 0.15) is 5.75 Å². The Morgan fingerprint density at radius 3 is 2.31 bits per heavy atom. The summed E-state index contributed by atoms with van der Waals surface area (Å²) < 4.78 is 43.9. The highest BCUT2D eigenvalue weighted by Crippen LogP contribution is 2.35. The number of carbonyl (C=O) groups excluding carboxylic acids is 1. The summed E-state index contributed by atoms with van der Waals surface area (Å²) in [6.45, 7) is 0. The third kappa shape index (κ3) is 5.15. The van der Waals surface area contributed by atoms with E-state index in [0.29, 0.717) is 12.1 Å². The topological polar surface area (TPSA) is 41.6 Å². The summed E-state index contributed by atoms with van der Waals surface area (Å²) in [5, 5.41) is 2.59. The number of aryl methyl sites for hydroxylation is 1. The van der Waals surface area contributed by atoms with Crippen molar-refractivity contribution in [2.45, 2.75) is 19.0 Å². The van der Waals surface area contributed by atoms with Crippen LogP contribution in [0.25, 0.3) is 0 Å². The van der Waals surface area contributed by atoms with Gasteiger partial charge in [0.2, 0.25) is 5.91 Å². The summed E-state index contributed by atoms with van der Waals surface area (Å²) in [6.07, 6.45) is -3.82. The largest absolute Gasteiger partial charge is 0.497 e. The number of anilines is 2. The molecule has 140 valence electrons. The minimum atomic E-state index is -4.46. The van der Waals surface area contributed by atoms with Crippen molar-refractivity contribution in [3.8, 4) is 5.75 Å². The molecule has 0 spiro atoms. The molecule has 0 fully saturated rings. The van der Waals surface area contributed by atoms with Crippen molar-refractivity contribution in [3.05, 3.63) is 53.6 Å². The maximum absolute atomic E-state index is 12.9. The molecule has 0 atom stereocenters. The van der Waals surface area contributed by atoms with Crippen molar-refractivity contribution >= 4 is 17.3 Å². The van der Waals surface area contributed by atoms with Gasteiger partial charge in [-0.25, -0.2) is 0 Å². The van der Waals surface area contributed by atoms with Gasteiger partial charge >= 0.3 is 6.18 Å². The zero-order chi connectivity index (χ0) is 19.3. The van der Waals surface area contributed by atoms with Crippen molar-refractivity contribution in [1.82, 2.24) is 0 Å². The normalized spacial score (nSPS) is 11.2. The van der Waals surface area contributed by atoms with E-state index >= 15 is 0 Å². The van der Waals surface area contributed by atoms with Crippen molar-refractivity contribution in [1.29, 1.82) is 0 Å². The zero-order valence-corrected chi connectivity index (χ0v) is 14.9. The fourth-order valence-electron chi connectivity index (χ4n) is 2.47. The van der Waals surface area contributed by atoms with Gasteiger partial charge in [-0.2, -0.15) is 13.2 Å². The summed E-state index contributed by atoms with van der Waals surface area (Å²) in [7, 11) is 4.98. The molecule has 7 heteroatoms. The average Bonchev–Trinajstić information content (AvgIpc) is 2.59.